The van der Waals surface area contributed by atoms with Crippen molar-refractivity contribution in [3.63, 3.8) is 0 Å². The van der Waals surface area contributed by atoms with Gasteiger partial charge in [0.25, 0.3) is 0 Å². The molecule has 0 bridgehead atoms. The fourth-order valence-electron chi connectivity index (χ4n) is 1.67. The van der Waals surface area contributed by atoms with Gasteiger partial charge in [-0.15, -0.1) is 0 Å². The van der Waals surface area contributed by atoms with Crippen LogP contribution < -0.4 is 5.32 Å². The Morgan fingerprint density at radius 2 is 2.45 bits per heavy atom. The number of allylic oxidation sites excluding steroid dienone is 1. The monoisotopic (exact) mass is 153 g/mol. The van der Waals surface area contributed by atoms with Gasteiger partial charge in [-0.2, -0.15) is 0 Å². The molecule has 1 aliphatic rings. The predicted octanol–water partition coefficient (Wildman–Crippen LogP) is 2.34. The molecule has 64 valence electrons. The highest BCUT2D eigenvalue weighted by Crippen LogP contribution is 2.13. The van der Waals surface area contributed by atoms with Crippen LogP contribution in [0.5, 0.6) is 0 Å². The van der Waals surface area contributed by atoms with Gasteiger partial charge in [-0.1, -0.05) is 31.9 Å². The van der Waals surface area contributed by atoms with Crippen molar-refractivity contribution in [2.75, 3.05) is 13.1 Å². The van der Waals surface area contributed by atoms with Crippen molar-refractivity contribution in [2.24, 2.45) is 5.92 Å². The van der Waals surface area contributed by atoms with E-state index in [2.05, 4.69) is 25.2 Å². The Labute approximate surface area is 69.9 Å². The lowest BCUT2D eigenvalue weighted by atomic mass is 10.0. The maximum Gasteiger partial charge on any atom is 0.0165 e. The lowest BCUT2D eigenvalue weighted by Crippen LogP contribution is -2.05. The minimum atomic E-state index is 0.787. The minimum Gasteiger partial charge on any atom is -0.313 e. The van der Waals surface area contributed by atoms with Gasteiger partial charge in [0.2, 0.25) is 0 Å². The predicted molar refractivity (Wildman–Crippen MR) is 49.6 cm³/mol. The molecule has 1 unspecified atom stereocenters. The van der Waals surface area contributed by atoms with E-state index in [1.165, 1.54) is 25.8 Å². The van der Waals surface area contributed by atoms with E-state index < -0.39 is 0 Å². The Morgan fingerprint density at radius 1 is 1.64 bits per heavy atom. The number of hydrogen-bond acceptors (Lipinski definition) is 1. The van der Waals surface area contributed by atoms with Crippen molar-refractivity contribution in [1.82, 2.24) is 5.32 Å². The van der Waals surface area contributed by atoms with E-state index in [9.17, 15) is 0 Å². The van der Waals surface area contributed by atoms with Crippen molar-refractivity contribution in [3.8, 4) is 0 Å². The molecule has 11 heavy (non-hydrogen) atoms. The summed E-state index contributed by atoms with van der Waals surface area (Å²) in [6, 6.07) is 0. The van der Waals surface area contributed by atoms with Crippen LogP contribution in [0.4, 0.5) is 0 Å². The molecule has 1 heteroatoms. The van der Waals surface area contributed by atoms with Crippen LogP contribution in [-0.4, -0.2) is 13.1 Å². The fraction of sp³-hybridized carbons (Fsp3) is 0.800. The molecule has 1 atom stereocenters. The largest absolute Gasteiger partial charge is 0.313 e. The summed E-state index contributed by atoms with van der Waals surface area (Å²) in [7, 11) is 0. The number of rotatable bonds is 3. The van der Waals surface area contributed by atoms with Gasteiger partial charge in [-0.25, -0.2) is 0 Å². The minimum absolute atomic E-state index is 0.787. The first-order chi connectivity index (χ1) is 5.33. The third-order valence-corrected chi connectivity index (χ3v) is 2.24. The van der Waals surface area contributed by atoms with Gasteiger partial charge in [0.15, 0.2) is 0 Å². The molecule has 0 spiro atoms. The Balaban J connectivity index is 2.30. The molecule has 0 radical (unpaired) electrons. The number of hydrogen-bond donors (Lipinski definition) is 1. The summed E-state index contributed by atoms with van der Waals surface area (Å²) in [5, 5.41) is 3.35. The molecule has 1 heterocycles. The van der Waals surface area contributed by atoms with Crippen LogP contribution in [0.3, 0.4) is 0 Å². The smallest absolute Gasteiger partial charge is 0.0165 e. The summed E-state index contributed by atoms with van der Waals surface area (Å²) in [6.45, 7) is 6.88. The maximum atomic E-state index is 3.35. The Bertz CT molecular complexity index is 130. The van der Waals surface area contributed by atoms with E-state index in [4.69, 9.17) is 0 Å². The van der Waals surface area contributed by atoms with Gasteiger partial charge >= 0.3 is 0 Å². The highest BCUT2D eigenvalue weighted by atomic mass is 14.9. The molecular weight excluding hydrogens is 134 g/mol. The van der Waals surface area contributed by atoms with Crippen LogP contribution in [0.1, 0.15) is 33.1 Å². The molecule has 0 aromatic carbocycles. The summed E-state index contributed by atoms with van der Waals surface area (Å²) in [5.41, 5.74) is 1.62. The molecule has 0 amide bonds. The van der Waals surface area contributed by atoms with Gasteiger partial charge in [0.1, 0.15) is 0 Å². The fourth-order valence-corrected chi connectivity index (χ4v) is 1.67. The SMILES string of the molecule is CCCC(C)C=C1CCNC1. The normalized spacial score (nSPS) is 24.4. The second kappa shape index (κ2) is 4.55. The molecule has 1 rings (SSSR count). The van der Waals surface area contributed by atoms with Gasteiger partial charge in [0, 0.05) is 6.54 Å². The Kier molecular flexibility index (Phi) is 3.64. The second-order valence-electron chi connectivity index (χ2n) is 3.52. The summed E-state index contributed by atoms with van der Waals surface area (Å²) >= 11 is 0. The highest BCUT2D eigenvalue weighted by Gasteiger charge is 2.06. The third-order valence-electron chi connectivity index (χ3n) is 2.24. The van der Waals surface area contributed by atoms with Crippen LogP contribution in [0.15, 0.2) is 11.6 Å². The highest BCUT2D eigenvalue weighted by molar-refractivity contribution is 5.09. The molecule has 0 aromatic heterocycles. The van der Waals surface area contributed by atoms with Crippen LogP contribution in [0.25, 0.3) is 0 Å². The molecule has 1 nitrogen and oxygen atoms in total. The van der Waals surface area contributed by atoms with Gasteiger partial charge < -0.3 is 5.32 Å². The molecule has 0 aromatic rings. The lowest BCUT2D eigenvalue weighted by molar-refractivity contribution is 0.629. The van der Waals surface area contributed by atoms with E-state index in [1.54, 1.807) is 5.57 Å². The zero-order chi connectivity index (χ0) is 8.10. The van der Waals surface area contributed by atoms with E-state index in [0.29, 0.717) is 0 Å². The molecule has 0 saturated carbocycles. The first-order valence-corrected chi connectivity index (χ1v) is 4.73. The van der Waals surface area contributed by atoms with Crippen LogP contribution in [0.2, 0.25) is 0 Å². The molecule has 1 aliphatic heterocycles. The van der Waals surface area contributed by atoms with Gasteiger partial charge in [-0.05, 0) is 25.3 Å². The van der Waals surface area contributed by atoms with Gasteiger partial charge in [-0.3, -0.25) is 0 Å². The first kappa shape index (κ1) is 8.79. The van der Waals surface area contributed by atoms with Crippen molar-refractivity contribution in [1.29, 1.82) is 0 Å². The summed E-state index contributed by atoms with van der Waals surface area (Å²) < 4.78 is 0. The van der Waals surface area contributed by atoms with Crippen molar-refractivity contribution in [3.05, 3.63) is 11.6 Å². The van der Waals surface area contributed by atoms with Crippen molar-refractivity contribution in [2.45, 2.75) is 33.1 Å². The van der Waals surface area contributed by atoms with E-state index in [0.717, 1.165) is 12.5 Å². The van der Waals surface area contributed by atoms with Crippen LogP contribution in [-0.2, 0) is 0 Å². The van der Waals surface area contributed by atoms with E-state index in [-0.39, 0.29) is 0 Å². The average molecular weight is 153 g/mol. The quantitative estimate of drug-likeness (QED) is 0.614. The van der Waals surface area contributed by atoms with Crippen molar-refractivity contribution < 1.29 is 0 Å². The van der Waals surface area contributed by atoms with E-state index in [1.807, 2.05) is 0 Å². The topological polar surface area (TPSA) is 12.0 Å². The zero-order valence-corrected chi connectivity index (χ0v) is 7.69. The first-order valence-electron chi connectivity index (χ1n) is 4.73. The lowest BCUT2D eigenvalue weighted by Gasteiger charge is -2.04. The summed E-state index contributed by atoms with van der Waals surface area (Å²) in [6.07, 6.45) is 6.36. The molecule has 1 N–H and O–H groups in total. The third kappa shape index (κ3) is 3.06. The van der Waals surface area contributed by atoms with E-state index >= 15 is 0 Å². The van der Waals surface area contributed by atoms with Crippen molar-refractivity contribution >= 4 is 0 Å². The summed E-state index contributed by atoms with van der Waals surface area (Å²) in [5.74, 6) is 0.787. The molecule has 1 saturated heterocycles. The number of nitrogens with one attached hydrogen (secondary N) is 1. The molecule has 1 fully saturated rings. The maximum absolute atomic E-state index is 3.35. The van der Waals surface area contributed by atoms with Crippen LogP contribution in [0, 0.1) is 5.92 Å². The second-order valence-corrected chi connectivity index (χ2v) is 3.52. The Hall–Kier alpha value is -0.300. The summed E-state index contributed by atoms with van der Waals surface area (Å²) in [4.78, 5) is 0. The molecule has 0 aliphatic carbocycles. The average Bonchev–Trinajstić information content (AvgIpc) is 2.40. The van der Waals surface area contributed by atoms with Gasteiger partial charge in [0.05, 0.1) is 0 Å². The Morgan fingerprint density at radius 3 is 3.00 bits per heavy atom. The standard InChI is InChI=1S/C10H19N/c1-3-4-9(2)7-10-5-6-11-8-10/h7,9,11H,3-6,8H2,1-2H3. The zero-order valence-electron chi connectivity index (χ0n) is 7.69. The molecular formula is C10H19N. The van der Waals surface area contributed by atoms with Crippen LogP contribution >= 0.6 is 0 Å².